The predicted molar refractivity (Wildman–Crippen MR) is 71.2 cm³/mol. The van der Waals surface area contributed by atoms with Gasteiger partial charge in [-0.25, -0.2) is 4.39 Å². The summed E-state index contributed by atoms with van der Waals surface area (Å²) in [6.45, 7) is 0. The van der Waals surface area contributed by atoms with E-state index in [1.807, 2.05) is 30.3 Å². The van der Waals surface area contributed by atoms with Crippen molar-refractivity contribution in [2.45, 2.75) is 0 Å². The molecule has 18 heavy (non-hydrogen) atoms. The van der Waals surface area contributed by atoms with Gasteiger partial charge in [-0.15, -0.1) is 0 Å². The summed E-state index contributed by atoms with van der Waals surface area (Å²) in [7, 11) is 0. The van der Waals surface area contributed by atoms with E-state index in [2.05, 4.69) is 0 Å². The van der Waals surface area contributed by atoms with E-state index < -0.39 is 5.82 Å². The van der Waals surface area contributed by atoms with Gasteiger partial charge in [-0.1, -0.05) is 48.0 Å². The largest absolute Gasteiger partial charge is 0.289 e. The Bertz CT molecular complexity index is 591. The monoisotopic (exact) mass is 260 g/mol. The van der Waals surface area contributed by atoms with Crippen molar-refractivity contribution in [3.8, 4) is 0 Å². The zero-order valence-electron chi connectivity index (χ0n) is 9.44. The van der Waals surface area contributed by atoms with Gasteiger partial charge in [-0.2, -0.15) is 0 Å². The Morgan fingerprint density at radius 3 is 2.56 bits per heavy atom. The first-order chi connectivity index (χ1) is 8.66. The topological polar surface area (TPSA) is 17.1 Å². The molecule has 0 fully saturated rings. The zero-order valence-corrected chi connectivity index (χ0v) is 10.2. The number of allylic oxidation sites excluding steroid dienone is 1. The maximum atomic E-state index is 13.0. The van der Waals surface area contributed by atoms with Crippen molar-refractivity contribution in [2.24, 2.45) is 0 Å². The number of carbonyl (C=O) groups is 1. The molecular weight excluding hydrogens is 251 g/mol. The van der Waals surface area contributed by atoms with E-state index in [1.165, 1.54) is 18.2 Å². The highest BCUT2D eigenvalue weighted by Crippen LogP contribution is 2.18. The fourth-order valence-electron chi connectivity index (χ4n) is 1.51. The van der Waals surface area contributed by atoms with Crippen LogP contribution < -0.4 is 0 Å². The SMILES string of the molecule is O=C(C=Cc1ccccc1)c1cc(F)ccc1Cl. The van der Waals surface area contributed by atoms with Crippen LogP contribution in [-0.4, -0.2) is 5.78 Å². The van der Waals surface area contributed by atoms with E-state index in [0.29, 0.717) is 0 Å². The second-order valence-electron chi connectivity index (χ2n) is 3.73. The van der Waals surface area contributed by atoms with Gasteiger partial charge in [0.2, 0.25) is 0 Å². The second kappa shape index (κ2) is 5.61. The van der Waals surface area contributed by atoms with Crippen LogP contribution in [0.1, 0.15) is 15.9 Å². The number of benzene rings is 2. The van der Waals surface area contributed by atoms with Gasteiger partial charge in [-0.05, 0) is 29.8 Å². The molecule has 0 N–H and O–H groups in total. The summed E-state index contributed by atoms with van der Waals surface area (Å²) in [5, 5.41) is 0.249. The van der Waals surface area contributed by atoms with Gasteiger partial charge in [0, 0.05) is 5.56 Å². The van der Waals surface area contributed by atoms with E-state index in [9.17, 15) is 9.18 Å². The molecule has 0 unspecified atom stereocenters. The lowest BCUT2D eigenvalue weighted by molar-refractivity contribution is 0.104. The van der Waals surface area contributed by atoms with E-state index >= 15 is 0 Å². The molecule has 90 valence electrons. The highest BCUT2D eigenvalue weighted by Gasteiger charge is 2.08. The summed E-state index contributed by atoms with van der Waals surface area (Å²) < 4.78 is 13.0. The van der Waals surface area contributed by atoms with Gasteiger partial charge < -0.3 is 0 Å². The lowest BCUT2D eigenvalue weighted by Gasteiger charge is -1.99. The Balaban J connectivity index is 2.22. The number of hydrogen-bond acceptors (Lipinski definition) is 1. The standard InChI is InChI=1S/C15H10ClFO/c16-14-8-7-12(17)10-13(14)15(18)9-6-11-4-2-1-3-5-11/h1-10H. The van der Waals surface area contributed by atoms with Crippen molar-refractivity contribution in [3.63, 3.8) is 0 Å². The molecule has 0 aliphatic heterocycles. The van der Waals surface area contributed by atoms with Crippen molar-refractivity contribution < 1.29 is 9.18 Å². The Kier molecular flexibility index (Phi) is 3.90. The van der Waals surface area contributed by atoms with Crippen LogP contribution in [0.25, 0.3) is 6.08 Å². The lowest BCUT2D eigenvalue weighted by atomic mass is 10.1. The Morgan fingerprint density at radius 2 is 1.83 bits per heavy atom. The van der Waals surface area contributed by atoms with E-state index in [1.54, 1.807) is 6.08 Å². The maximum absolute atomic E-state index is 13.0. The summed E-state index contributed by atoms with van der Waals surface area (Å²) in [4.78, 5) is 11.9. The first kappa shape index (κ1) is 12.5. The first-order valence-corrected chi connectivity index (χ1v) is 5.77. The molecule has 0 amide bonds. The molecule has 0 bridgehead atoms. The molecule has 0 aromatic heterocycles. The number of halogens is 2. The van der Waals surface area contributed by atoms with Crippen molar-refractivity contribution in [1.29, 1.82) is 0 Å². The minimum absolute atomic E-state index is 0.170. The van der Waals surface area contributed by atoms with Crippen LogP contribution in [0.3, 0.4) is 0 Å². The van der Waals surface area contributed by atoms with Crippen molar-refractivity contribution in [2.75, 3.05) is 0 Å². The Morgan fingerprint density at radius 1 is 1.11 bits per heavy atom. The lowest BCUT2D eigenvalue weighted by Crippen LogP contribution is -1.96. The maximum Gasteiger partial charge on any atom is 0.187 e. The summed E-state index contributed by atoms with van der Waals surface area (Å²) in [6, 6.07) is 13.1. The van der Waals surface area contributed by atoms with E-state index in [-0.39, 0.29) is 16.4 Å². The third kappa shape index (κ3) is 3.05. The summed E-state index contributed by atoms with van der Waals surface area (Å²) >= 11 is 5.85. The molecule has 0 heterocycles. The van der Waals surface area contributed by atoms with Crippen LogP contribution >= 0.6 is 11.6 Å². The minimum atomic E-state index is -0.476. The van der Waals surface area contributed by atoms with Crippen LogP contribution in [0.2, 0.25) is 5.02 Å². The van der Waals surface area contributed by atoms with Gasteiger partial charge in [-0.3, -0.25) is 4.79 Å². The second-order valence-corrected chi connectivity index (χ2v) is 4.14. The van der Waals surface area contributed by atoms with Gasteiger partial charge in [0.1, 0.15) is 5.82 Å². The van der Waals surface area contributed by atoms with Crippen LogP contribution in [0.4, 0.5) is 4.39 Å². The van der Waals surface area contributed by atoms with Gasteiger partial charge in [0.05, 0.1) is 5.02 Å². The van der Waals surface area contributed by atoms with Gasteiger partial charge in [0.15, 0.2) is 5.78 Å². The first-order valence-electron chi connectivity index (χ1n) is 5.39. The molecule has 2 aromatic rings. The average molecular weight is 261 g/mol. The molecule has 0 aliphatic rings. The average Bonchev–Trinajstić information content (AvgIpc) is 2.40. The number of rotatable bonds is 3. The molecule has 2 rings (SSSR count). The van der Waals surface area contributed by atoms with Gasteiger partial charge in [0.25, 0.3) is 0 Å². The fourth-order valence-corrected chi connectivity index (χ4v) is 1.72. The number of hydrogen-bond donors (Lipinski definition) is 0. The van der Waals surface area contributed by atoms with E-state index in [4.69, 9.17) is 11.6 Å². The van der Waals surface area contributed by atoms with Crippen LogP contribution in [0.15, 0.2) is 54.6 Å². The van der Waals surface area contributed by atoms with Crippen molar-refractivity contribution in [1.82, 2.24) is 0 Å². The third-order valence-electron chi connectivity index (χ3n) is 2.42. The summed E-state index contributed by atoms with van der Waals surface area (Å²) in [5.74, 6) is -0.792. The molecule has 1 nitrogen and oxygen atoms in total. The molecule has 0 atom stereocenters. The highest BCUT2D eigenvalue weighted by molar-refractivity contribution is 6.34. The van der Waals surface area contributed by atoms with Crippen molar-refractivity contribution >= 4 is 23.5 Å². The minimum Gasteiger partial charge on any atom is -0.289 e. The third-order valence-corrected chi connectivity index (χ3v) is 2.75. The predicted octanol–water partition coefficient (Wildman–Crippen LogP) is 4.38. The molecule has 0 aliphatic carbocycles. The number of carbonyl (C=O) groups excluding carboxylic acids is 1. The molecule has 2 aromatic carbocycles. The summed E-state index contributed by atoms with van der Waals surface area (Å²) in [5.41, 5.74) is 1.07. The Labute approximate surface area is 110 Å². The molecular formula is C15H10ClFO. The highest BCUT2D eigenvalue weighted by atomic mass is 35.5. The molecule has 0 saturated carbocycles. The van der Waals surface area contributed by atoms with Crippen LogP contribution in [0, 0.1) is 5.82 Å². The number of ketones is 1. The Hall–Kier alpha value is -1.93. The quantitative estimate of drug-likeness (QED) is 0.591. The van der Waals surface area contributed by atoms with Crippen LogP contribution in [-0.2, 0) is 0 Å². The summed E-state index contributed by atoms with van der Waals surface area (Å²) in [6.07, 6.45) is 3.06. The zero-order chi connectivity index (χ0) is 13.0. The molecule has 3 heteroatoms. The fraction of sp³-hybridized carbons (Fsp3) is 0. The van der Waals surface area contributed by atoms with E-state index in [0.717, 1.165) is 11.6 Å². The smallest absolute Gasteiger partial charge is 0.187 e. The molecule has 0 spiro atoms. The van der Waals surface area contributed by atoms with Crippen molar-refractivity contribution in [3.05, 3.63) is 76.6 Å². The molecule has 0 saturated heterocycles. The van der Waals surface area contributed by atoms with Crippen LogP contribution in [0.5, 0.6) is 0 Å². The normalized spacial score (nSPS) is 10.8. The van der Waals surface area contributed by atoms with Gasteiger partial charge >= 0.3 is 0 Å². The molecule has 0 radical (unpaired) electrons.